The van der Waals surface area contributed by atoms with Crippen LogP contribution in [0.5, 0.6) is 0 Å². The van der Waals surface area contributed by atoms with Crippen LogP contribution < -0.4 is 5.32 Å². The molecule has 0 bridgehead atoms. The second kappa shape index (κ2) is 6.78. The van der Waals surface area contributed by atoms with Crippen molar-refractivity contribution in [2.45, 2.75) is 32.5 Å². The van der Waals surface area contributed by atoms with Gasteiger partial charge in [0.2, 0.25) is 0 Å². The Balaban J connectivity index is 1.45. The lowest BCUT2D eigenvalue weighted by atomic mass is 10.2. The van der Waals surface area contributed by atoms with E-state index in [1.54, 1.807) is 0 Å². The maximum Gasteiger partial charge on any atom is 0.0724 e. The second-order valence-electron chi connectivity index (χ2n) is 5.74. The zero-order valence-corrected chi connectivity index (χ0v) is 12.5. The van der Waals surface area contributed by atoms with Crippen LogP contribution in [-0.2, 0) is 13.1 Å². The Kier molecular flexibility index (Phi) is 4.58. The molecule has 1 N–H and O–H groups in total. The van der Waals surface area contributed by atoms with Gasteiger partial charge in [0.25, 0.3) is 0 Å². The molecule has 1 aromatic carbocycles. The fourth-order valence-electron chi connectivity index (χ4n) is 2.74. The van der Waals surface area contributed by atoms with E-state index in [-0.39, 0.29) is 0 Å². The number of benzene rings is 1. The first-order valence-corrected chi connectivity index (χ1v) is 7.57. The molecule has 4 heteroatoms. The number of rotatable bonds is 5. The average molecular weight is 282 g/mol. The molecule has 0 spiro atoms. The monoisotopic (exact) mass is 282 g/mol. The fraction of sp³-hybridized carbons (Fsp3) is 0.412. The summed E-state index contributed by atoms with van der Waals surface area (Å²) in [6.45, 7) is 6.07. The second-order valence-corrected chi connectivity index (χ2v) is 5.74. The summed E-state index contributed by atoms with van der Waals surface area (Å²) in [7, 11) is 0. The first-order chi connectivity index (χ1) is 10.3. The molecule has 1 saturated heterocycles. The molecule has 1 aromatic heterocycles. The number of aryl methyl sites for hydroxylation is 1. The molecular formula is C17H22N4. The van der Waals surface area contributed by atoms with Gasteiger partial charge in [0.1, 0.15) is 0 Å². The summed E-state index contributed by atoms with van der Waals surface area (Å²) in [4.78, 5) is 11.2. The van der Waals surface area contributed by atoms with Crippen LogP contribution in [0, 0.1) is 6.92 Å². The van der Waals surface area contributed by atoms with Crippen molar-refractivity contribution < 1.29 is 0 Å². The summed E-state index contributed by atoms with van der Waals surface area (Å²) < 4.78 is 0. The Labute approximate surface area is 126 Å². The van der Waals surface area contributed by atoms with E-state index in [4.69, 9.17) is 0 Å². The summed E-state index contributed by atoms with van der Waals surface area (Å²) in [6.07, 6.45) is 4.89. The van der Waals surface area contributed by atoms with Gasteiger partial charge in [0, 0.05) is 44.6 Å². The molecule has 1 aliphatic heterocycles. The van der Waals surface area contributed by atoms with Gasteiger partial charge in [-0.25, -0.2) is 0 Å². The summed E-state index contributed by atoms with van der Waals surface area (Å²) >= 11 is 0. The molecule has 110 valence electrons. The maximum atomic E-state index is 4.39. The van der Waals surface area contributed by atoms with Gasteiger partial charge >= 0.3 is 0 Å². The van der Waals surface area contributed by atoms with Crippen molar-refractivity contribution in [3.8, 4) is 0 Å². The van der Waals surface area contributed by atoms with Crippen molar-refractivity contribution >= 4 is 0 Å². The van der Waals surface area contributed by atoms with E-state index in [0.29, 0.717) is 6.04 Å². The molecular weight excluding hydrogens is 260 g/mol. The first kappa shape index (κ1) is 14.2. The van der Waals surface area contributed by atoms with E-state index >= 15 is 0 Å². The van der Waals surface area contributed by atoms with Crippen LogP contribution in [0.25, 0.3) is 0 Å². The standard InChI is InChI=1S/C17H22N4/c1-14-9-19-17(10-18-14)11-20-16-7-8-21(13-16)12-15-5-3-2-4-6-15/h2-6,9-10,16,20H,7-8,11-13H2,1H3. The zero-order valence-electron chi connectivity index (χ0n) is 12.5. The normalized spacial score (nSPS) is 19.0. The number of aromatic nitrogens is 2. The summed E-state index contributed by atoms with van der Waals surface area (Å²) in [5.74, 6) is 0. The highest BCUT2D eigenvalue weighted by atomic mass is 15.2. The maximum absolute atomic E-state index is 4.39. The lowest BCUT2D eigenvalue weighted by molar-refractivity contribution is 0.319. The van der Waals surface area contributed by atoms with Crippen LogP contribution in [0.4, 0.5) is 0 Å². The van der Waals surface area contributed by atoms with E-state index in [0.717, 1.165) is 37.6 Å². The molecule has 2 heterocycles. The number of hydrogen-bond donors (Lipinski definition) is 1. The molecule has 4 nitrogen and oxygen atoms in total. The average Bonchev–Trinajstić information content (AvgIpc) is 2.95. The number of nitrogens with one attached hydrogen (secondary N) is 1. The molecule has 0 amide bonds. The van der Waals surface area contributed by atoms with Crippen molar-refractivity contribution in [2.24, 2.45) is 0 Å². The summed E-state index contributed by atoms with van der Waals surface area (Å²) in [5.41, 5.74) is 3.37. The molecule has 1 aliphatic rings. The van der Waals surface area contributed by atoms with E-state index in [2.05, 4.69) is 50.5 Å². The smallest absolute Gasteiger partial charge is 0.0724 e. The van der Waals surface area contributed by atoms with Gasteiger partial charge in [-0.15, -0.1) is 0 Å². The van der Waals surface area contributed by atoms with Crippen molar-refractivity contribution in [3.63, 3.8) is 0 Å². The highest BCUT2D eigenvalue weighted by molar-refractivity contribution is 5.14. The van der Waals surface area contributed by atoms with Gasteiger partial charge in [-0.2, -0.15) is 0 Å². The van der Waals surface area contributed by atoms with Gasteiger partial charge in [-0.1, -0.05) is 30.3 Å². The van der Waals surface area contributed by atoms with Crippen molar-refractivity contribution in [2.75, 3.05) is 13.1 Å². The summed E-state index contributed by atoms with van der Waals surface area (Å²) in [6, 6.07) is 11.2. The van der Waals surface area contributed by atoms with Gasteiger partial charge in [-0.3, -0.25) is 14.9 Å². The predicted octanol–water partition coefficient (Wildman–Crippen LogP) is 2.15. The number of nitrogens with zero attached hydrogens (tertiary/aromatic N) is 3. The van der Waals surface area contributed by atoms with Crippen molar-refractivity contribution in [1.82, 2.24) is 20.2 Å². The van der Waals surface area contributed by atoms with Crippen molar-refractivity contribution in [1.29, 1.82) is 0 Å². The molecule has 1 fully saturated rings. The Hall–Kier alpha value is -1.78. The van der Waals surface area contributed by atoms with Gasteiger partial charge in [0.05, 0.1) is 11.4 Å². The zero-order chi connectivity index (χ0) is 14.5. The van der Waals surface area contributed by atoms with Crippen LogP contribution in [0.3, 0.4) is 0 Å². The highest BCUT2D eigenvalue weighted by Gasteiger charge is 2.21. The molecule has 0 radical (unpaired) electrons. The third kappa shape index (κ3) is 4.09. The molecule has 3 rings (SSSR count). The number of likely N-dealkylation sites (tertiary alicyclic amines) is 1. The Morgan fingerprint density at radius 2 is 2.05 bits per heavy atom. The van der Waals surface area contributed by atoms with E-state index < -0.39 is 0 Å². The van der Waals surface area contributed by atoms with E-state index in [1.807, 2.05) is 19.3 Å². The minimum absolute atomic E-state index is 0.553. The SMILES string of the molecule is Cc1cnc(CNC2CCN(Cc3ccccc3)C2)cn1. The molecule has 2 aromatic rings. The minimum atomic E-state index is 0.553. The van der Waals surface area contributed by atoms with Crippen LogP contribution in [0.15, 0.2) is 42.7 Å². The van der Waals surface area contributed by atoms with Crippen LogP contribution in [0.1, 0.15) is 23.4 Å². The summed E-state index contributed by atoms with van der Waals surface area (Å²) in [5, 5.41) is 3.59. The quantitative estimate of drug-likeness (QED) is 0.912. The van der Waals surface area contributed by atoms with Crippen LogP contribution >= 0.6 is 0 Å². The molecule has 1 atom stereocenters. The van der Waals surface area contributed by atoms with Crippen LogP contribution in [-0.4, -0.2) is 34.0 Å². The fourth-order valence-corrected chi connectivity index (χ4v) is 2.74. The molecule has 0 saturated carbocycles. The highest BCUT2D eigenvalue weighted by Crippen LogP contribution is 2.13. The van der Waals surface area contributed by atoms with Crippen LogP contribution in [0.2, 0.25) is 0 Å². The third-order valence-corrected chi connectivity index (χ3v) is 3.93. The van der Waals surface area contributed by atoms with Gasteiger partial charge in [0.15, 0.2) is 0 Å². The minimum Gasteiger partial charge on any atom is -0.307 e. The van der Waals surface area contributed by atoms with Gasteiger partial charge < -0.3 is 5.32 Å². The molecule has 0 aliphatic carbocycles. The van der Waals surface area contributed by atoms with E-state index in [1.165, 1.54) is 12.0 Å². The first-order valence-electron chi connectivity index (χ1n) is 7.57. The molecule has 1 unspecified atom stereocenters. The topological polar surface area (TPSA) is 41.1 Å². The Morgan fingerprint density at radius 1 is 1.19 bits per heavy atom. The Bertz CT molecular complexity index is 553. The predicted molar refractivity (Wildman–Crippen MR) is 83.7 cm³/mol. The van der Waals surface area contributed by atoms with E-state index in [9.17, 15) is 0 Å². The Morgan fingerprint density at radius 3 is 2.81 bits per heavy atom. The lowest BCUT2D eigenvalue weighted by Gasteiger charge is -2.16. The third-order valence-electron chi connectivity index (χ3n) is 3.93. The number of hydrogen-bond acceptors (Lipinski definition) is 4. The van der Waals surface area contributed by atoms with Gasteiger partial charge in [-0.05, 0) is 18.9 Å². The largest absolute Gasteiger partial charge is 0.307 e. The molecule has 21 heavy (non-hydrogen) atoms. The van der Waals surface area contributed by atoms with Crippen molar-refractivity contribution in [3.05, 3.63) is 59.7 Å². The lowest BCUT2D eigenvalue weighted by Crippen LogP contribution is -2.32.